The zero-order chi connectivity index (χ0) is 12.6. The lowest BCUT2D eigenvalue weighted by atomic mass is 9.82. The van der Waals surface area contributed by atoms with Gasteiger partial charge in [-0.05, 0) is 12.8 Å². The highest BCUT2D eigenvalue weighted by atomic mass is 16.5. The zero-order valence-electron chi connectivity index (χ0n) is 10.6. The summed E-state index contributed by atoms with van der Waals surface area (Å²) in [6.45, 7) is 1.58. The lowest BCUT2D eigenvalue weighted by Gasteiger charge is -2.36. The Hall–Kier alpha value is -0.650. The number of aliphatic hydroxyl groups excluding tert-OH is 1. The molecule has 0 atom stereocenters. The van der Waals surface area contributed by atoms with Crippen LogP contribution in [0, 0.1) is 0 Å². The first-order valence-corrected chi connectivity index (χ1v) is 6.34. The summed E-state index contributed by atoms with van der Waals surface area (Å²) in [5, 5.41) is 15.4. The number of carbonyl (C=O) groups excluding carboxylic acids is 1. The summed E-state index contributed by atoms with van der Waals surface area (Å²) in [4.78, 5) is 11.7. The SMILES string of the molecule is COCCNCC(=O)NC1(CO)CCCCC1. The molecule has 5 nitrogen and oxygen atoms in total. The van der Waals surface area contributed by atoms with Crippen LogP contribution in [0.4, 0.5) is 0 Å². The predicted molar refractivity (Wildman–Crippen MR) is 65.8 cm³/mol. The fourth-order valence-corrected chi connectivity index (χ4v) is 2.27. The van der Waals surface area contributed by atoms with Crippen LogP contribution >= 0.6 is 0 Å². The summed E-state index contributed by atoms with van der Waals surface area (Å²) in [6, 6.07) is 0. The highest BCUT2D eigenvalue weighted by Gasteiger charge is 2.32. The maximum absolute atomic E-state index is 11.7. The minimum atomic E-state index is -0.377. The highest BCUT2D eigenvalue weighted by Crippen LogP contribution is 2.27. The fraction of sp³-hybridized carbons (Fsp3) is 0.917. The minimum Gasteiger partial charge on any atom is -0.394 e. The third-order valence-electron chi connectivity index (χ3n) is 3.29. The van der Waals surface area contributed by atoms with Crippen molar-refractivity contribution in [3.05, 3.63) is 0 Å². The molecule has 1 aliphatic carbocycles. The van der Waals surface area contributed by atoms with Crippen molar-refractivity contribution >= 4 is 5.91 Å². The average molecular weight is 244 g/mol. The number of amides is 1. The average Bonchev–Trinajstić information content (AvgIpc) is 2.36. The molecule has 100 valence electrons. The van der Waals surface area contributed by atoms with E-state index in [1.165, 1.54) is 6.42 Å². The van der Waals surface area contributed by atoms with Gasteiger partial charge in [0.2, 0.25) is 5.91 Å². The number of rotatable bonds is 7. The maximum Gasteiger partial charge on any atom is 0.234 e. The van der Waals surface area contributed by atoms with Gasteiger partial charge in [-0.1, -0.05) is 19.3 Å². The normalized spacial score (nSPS) is 18.9. The van der Waals surface area contributed by atoms with E-state index >= 15 is 0 Å². The molecule has 1 fully saturated rings. The van der Waals surface area contributed by atoms with Gasteiger partial charge in [0.05, 0.1) is 25.3 Å². The number of hydrogen-bond donors (Lipinski definition) is 3. The van der Waals surface area contributed by atoms with Crippen LogP contribution in [0.5, 0.6) is 0 Å². The van der Waals surface area contributed by atoms with Gasteiger partial charge < -0.3 is 20.5 Å². The quantitative estimate of drug-likeness (QED) is 0.553. The first kappa shape index (κ1) is 14.4. The minimum absolute atomic E-state index is 0.0385. The summed E-state index contributed by atoms with van der Waals surface area (Å²) in [7, 11) is 1.63. The second-order valence-electron chi connectivity index (χ2n) is 4.72. The van der Waals surface area contributed by atoms with Gasteiger partial charge in [-0.15, -0.1) is 0 Å². The number of aliphatic hydroxyl groups is 1. The monoisotopic (exact) mass is 244 g/mol. The lowest BCUT2D eigenvalue weighted by Crippen LogP contribution is -2.54. The Labute approximate surface area is 103 Å². The number of carbonyl (C=O) groups is 1. The van der Waals surface area contributed by atoms with Crippen molar-refractivity contribution in [1.29, 1.82) is 0 Å². The van der Waals surface area contributed by atoms with E-state index in [1.54, 1.807) is 7.11 Å². The van der Waals surface area contributed by atoms with Gasteiger partial charge in [-0.2, -0.15) is 0 Å². The standard InChI is InChI=1S/C12H24N2O3/c1-17-8-7-13-9-11(16)14-12(10-15)5-3-2-4-6-12/h13,15H,2-10H2,1H3,(H,14,16). The number of hydrogen-bond acceptors (Lipinski definition) is 4. The van der Waals surface area contributed by atoms with E-state index in [0.29, 0.717) is 13.2 Å². The maximum atomic E-state index is 11.7. The lowest BCUT2D eigenvalue weighted by molar-refractivity contribution is -0.123. The molecule has 5 heteroatoms. The van der Waals surface area contributed by atoms with Crippen molar-refractivity contribution in [2.24, 2.45) is 0 Å². The largest absolute Gasteiger partial charge is 0.394 e. The van der Waals surface area contributed by atoms with Crippen molar-refractivity contribution in [3.8, 4) is 0 Å². The Balaban J connectivity index is 2.27. The van der Waals surface area contributed by atoms with Gasteiger partial charge in [0, 0.05) is 13.7 Å². The van der Waals surface area contributed by atoms with Crippen LogP contribution in [0.15, 0.2) is 0 Å². The van der Waals surface area contributed by atoms with Crippen molar-refractivity contribution in [1.82, 2.24) is 10.6 Å². The molecule has 17 heavy (non-hydrogen) atoms. The van der Waals surface area contributed by atoms with Gasteiger partial charge in [0.1, 0.15) is 0 Å². The van der Waals surface area contributed by atoms with E-state index in [1.807, 2.05) is 0 Å². The molecule has 0 aliphatic heterocycles. The number of methoxy groups -OCH3 is 1. The van der Waals surface area contributed by atoms with E-state index in [-0.39, 0.29) is 24.6 Å². The van der Waals surface area contributed by atoms with Crippen molar-refractivity contribution in [2.45, 2.75) is 37.6 Å². The molecular weight excluding hydrogens is 220 g/mol. The summed E-state index contributed by atoms with van der Waals surface area (Å²) in [6.07, 6.45) is 5.13. The van der Waals surface area contributed by atoms with Gasteiger partial charge in [-0.3, -0.25) is 4.79 Å². The van der Waals surface area contributed by atoms with Crippen LogP contribution in [0.2, 0.25) is 0 Å². The Morgan fingerprint density at radius 1 is 1.35 bits per heavy atom. The van der Waals surface area contributed by atoms with Crippen LogP contribution in [-0.2, 0) is 9.53 Å². The molecule has 0 unspecified atom stereocenters. The van der Waals surface area contributed by atoms with Crippen molar-refractivity contribution in [2.75, 3.05) is 33.4 Å². The van der Waals surface area contributed by atoms with Crippen LogP contribution in [0.1, 0.15) is 32.1 Å². The molecule has 0 spiro atoms. The molecule has 0 aromatic heterocycles. The third kappa shape index (κ3) is 5.02. The first-order chi connectivity index (χ1) is 8.22. The summed E-state index contributed by atoms with van der Waals surface area (Å²) < 4.78 is 4.88. The Bertz CT molecular complexity index is 228. The molecule has 0 heterocycles. The van der Waals surface area contributed by atoms with E-state index < -0.39 is 0 Å². The first-order valence-electron chi connectivity index (χ1n) is 6.34. The second kappa shape index (κ2) is 7.63. The zero-order valence-corrected chi connectivity index (χ0v) is 10.6. The fourth-order valence-electron chi connectivity index (χ4n) is 2.27. The molecule has 1 amide bonds. The molecule has 3 N–H and O–H groups in total. The molecule has 0 aromatic rings. The van der Waals surface area contributed by atoms with Crippen molar-refractivity contribution < 1.29 is 14.6 Å². The molecule has 1 saturated carbocycles. The van der Waals surface area contributed by atoms with Crippen LogP contribution in [-0.4, -0.2) is 50.0 Å². The van der Waals surface area contributed by atoms with E-state index in [9.17, 15) is 9.90 Å². The topological polar surface area (TPSA) is 70.6 Å². The molecule has 1 rings (SSSR count). The number of nitrogens with one attached hydrogen (secondary N) is 2. The summed E-state index contributed by atoms with van der Waals surface area (Å²) >= 11 is 0. The van der Waals surface area contributed by atoms with Crippen molar-refractivity contribution in [3.63, 3.8) is 0 Å². The van der Waals surface area contributed by atoms with E-state index in [2.05, 4.69) is 10.6 Å². The Kier molecular flexibility index (Phi) is 6.47. The number of ether oxygens (including phenoxy) is 1. The molecule has 0 radical (unpaired) electrons. The van der Waals surface area contributed by atoms with Gasteiger partial charge in [-0.25, -0.2) is 0 Å². The second-order valence-corrected chi connectivity index (χ2v) is 4.72. The van der Waals surface area contributed by atoms with Crippen LogP contribution < -0.4 is 10.6 Å². The smallest absolute Gasteiger partial charge is 0.234 e. The summed E-state index contributed by atoms with van der Waals surface area (Å²) in [5.74, 6) is -0.0444. The van der Waals surface area contributed by atoms with Crippen LogP contribution in [0.3, 0.4) is 0 Å². The molecule has 0 saturated heterocycles. The molecule has 0 aromatic carbocycles. The molecule has 0 bridgehead atoms. The van der Waals surface area contributed by atoms with Crippen LogP contribution in [0.25, 0.3) is 0 Å². The van der Waals surface area contributed by atoms with Gasteiger partial charge in [0.15, 0.2) is 0 Å². The van der Waals surface area contributed by atoms with E-state index in [4.69, 9.17) is 4.74 Å². The predicted octanol–water partition coefficient (Wildman–Crippen LogP) is 0.0338. The summed E-state index contributed by atoms with van der Waals surface area (Å²) in [5.41, 5.74) is -0.377. The Morgan fingerprint density at radius 2 is 2.06 bits per heavy atom. The highest BCUT2D eigenvalue weighted by molar-refractivity contribution is 5.78. The van der Waals surface area contributed by atoms with Gasteiger partial charge in [0.25, 0.3) is 0 Å². The molecular formula is C12H24N2O3. The molecule has 1 aliphatic rings. The van der Waals surface area contributed by atoms with E-state index in [0.717, 1.165) is 25.7 Å². The third-order valence-corrected chi connectivity index (χ3v) is 3.29. The van der Waals surface area contributed by atoms with Gasteiger partial charge >= 0.3 is 0 Å². The Morgan fingerprint density at radius 3 is 2.65 bits per heavy atom.